The van der Waals surface area contributed by atoms with Crippen LogP contribution in [-0.4, -0.2) is 21.3 Å². The van der Waals surface area contributed by atoms with E-state index in [0.717, 1.165) is 22.6 Å². The van der Waals surface area contributed by atoms with Gasteiger partial charge in [-0.3, -0.25) is 0 Å². The highest BCUT2D eigenvalue weighted by Crippen LogP contribution is 2.36. The SMILES string of the molecule is COc1cc(OC)c(C=C2C=CC=C2)c(OC)c1. The van der Waals surface area contributed by atoms with Crippen LogP contribution in [0.25, 0.3) is 6.08 Å². The van der Waals surface area contributed by atoms with Crippen molar-refractivity contribution < 1.29 is 14.2 Å². The largest absolute Gasteiger partial charge is 0.496 e. The van der Waals surface area contributed by atoms with Gasteiger partial charge in [0, 0.05) is 12.1 Å². The smallest absolute Gasteiger partial charge is 0.133 e. The Bertz CT molecular complexity index is 486. The number of hydrogen-bond donors (Lipinski definition) is 0. The first-order valence-corrected chi connectivity index (χ1v) is 5.65. The molecular formula is C15H16O3. The van der Waals surface area contributed by atoms with Gasteiger partial charge in [0.05, 0.1) is 26.9 Å². The molecule has 0 fully saturated rings. The fraction of sp³-hybridized carbons (Fsp3) is 0.200. The van der Waals surface area contributed by atoms with Crippen molar-refractivity contribution in [1.29, 1.82) is 0 Å². The zero-order chi connectivity index (χ0) is 13.0. The predicted molar refractivity (Wildman–Crippen MR) is 72.4 cm³/mol. The van der Waals surface area contributed by atoms with E-state index >= 15 is 0 Å². The summed E-state index contributed by atoms with van der Waals surface area (Å²) in [7, 11) is 4.89. The molecule has 1 aliphatic rings. The van der Waals surface area contributed by atoms with Gasteiger partial charge in [-0.15, -0.1) is 0 Å². The van der Waals surface area contributed by atoms with E-state index < -0.39 is 0 Å². The molecule has 0 bridgehead atoms. The van der Waals surface area contributed by atoms with Crippen LogP contribution in [0.15, 0.2) is 42.0 Å². The number of hydrogen-bond acceptors (Lipinski definition) is 3. The molecule has 0 radical (unpaired) electrons. The van der Waals surface area contributed by atoms with Crippen molar-refractivity contribution in [3.63, 3.8) is 0 Å². The molecular weight excluding hydrogens is 228 g/mol. The third kappa shape index (κ3) is 2.40. The lowest BCUT2D eigenvalue weighted by Gasteiger charge is -2.12. The molecule has 0 spiro atoms. The van der Waals surface area contributed by atoms with E-state index in [4.69, 9.17) is 14.2 Å². The van der Waals surface area contributed by atoms with Crippen molar-refractivity contribution in [2.75, 3.05) is 21.3 Å². The summed E-state index contributed by atoms with van der Waals surface area (Å²) in [6.45, 7) is 0. The number of rotatable bonds is 4. The monoisotopic (exact) mass is 244 g/mol. The van der Waals surface area contributed by atoms with Gasteiger partial charge in [-0.25, -0.2) is 0 Å². The maximum absolute atomic E-state index is 5.39. The third-order valence-corrected chi connectivity index (χ3v) is 2.75. The summed E-state index contributed by atoms with van der Waals surface area (Å²) in [5.74, 6) is 2.17. The van der Waals surface area contributed by atoms with E-state index in [2.05, 4.69) is 0 Å². The first kappa shape index (κ1) is 12.3. The second-order valence-corrected chi connectivity index (χ2v) is 3.81. The minimum Gasteiger partial charge on any atom is -0.496 e. The number of benzene rings is 1. The lowest BCUT2D eigenvalue weighted by Crippen LogP contribution is -1.95. The molecule has 94 valence electrons. The van der Waals surface area contributed by atoms with Crippen molar-refractivity contribution in [3.05, 3.63) is 47.6 Å². The number of allylic oxidation sites excluding steroid dienone is 5. The lowest BCUT2D eigenvalue weighted by molar-refractivity contribution is 0.374. The van der Waals surface area contributed by atoms with E-state index in [1.807, 2.05) is 42.5 Å². The molecule has 3 heteroatoms. The van der Waals surface area contributed by atoms with Crippen LogP contribution in [0.2, 0.25) is 0 Å². The Morgan fingerprint density at radius 1 is 0.833 bits per heavy atom. The molecule has 2 rings (SSSR count). The van der Waals surface area contributed by atoms with Crippen LogP contribution < -0.4 is 14.2 Å². The molecule has 0 saturated carbocycles. The van der Waals surface area contributed by atoms with E-state index in [9.17, 15) is 0 Å². The molecule has 3 nitrogen and oxygen atoms in total. The van der Waals surface area contributed by atoms with Crippen molar-refractivity contribution in [1.82, 2.24) is 0 Å². The van der Waals surface area contributed by atoms with E-state index in [-0.39, 0.29) is 0 Å². The van der Waals surface area contributed by atoms with Gasteiger partial charge in [0.2, 0.25) is 0 Å². The average Bonchev–Trinajstić information content (AvgIpc) is 2.91. The Labute approximate surface area is 107 Å². The molecule has 0 atom stereocenters. The fourth-order valence-corrected chi connectivity index (χ4v) is 1.83. The topological polar surface area (TPSA) is 27.7 Å². The van der Waals surface area contributed by atoms with Gasteiger partial charge in [0.15, 0.2) is 0 Å². The van der Waals surface area contributed by atoms with Gasteiger partial charge in [0.25, 0.3) is 0 Å². The summed E-state index contributed by atoms with van der Waals surface area (Å²) in [6.07, 6.45) is 10.1. The van der Waals surface area contributed by atoms with Crippen molar-refractivity contribution in [2.24, 2.45) is 0 Å². The predicted octanol–water partition coefficient (Wildman–Crippen LogP) is 3.22. The second-order valence-electron chi connectivity index (χ2n) is 3.81. The molecule has 1 aromatic carbocycles. The van der Waals surface area contributed by atoms with Gasteiger partial charge in [-0.05, 0) is 11.6 Å². The molecule has 0 saturated heterocycles. The van der Waals surface area contributed by atoms with E-state index in [1.54, 1.807) is 21.3 Å². The first-order valence-electron chi connectivity index (χ1n) is 5.65. The lowest BCUT2D eigenvalue weighted by atomic mass is 10.1. The van der Waals surface area contributed by atoms with Crippen LogP contribution in [0.3, 0.4) is 0 Å². The summed E-state index contributed by atoms with van der Waals surface area (Å²) in [5, 5.41) is 0. The van der Waals surface area contributed by atoms with Crippen LogP contribution in [0.1, 0.15) is 5.56 Å². The summed E-state index contributed by atoms with van der Waals surface area (Å²) < 4.78 is 16.0. The summed E-state index contributed by atoms with van der Waals surface area (Å²) in [6, 6.07) is 3.69. The van der Waals surface area contributed by atoms with Gasteiger partial charge in [-0.1, -0.05) is 24.3 Å². The Balaban J connectivity index is 2.53. The van der Waals surface area contributed by atoms with Crippen molar-refractivity contribution >= 4 is 6.08 Å². The van der Waals surface area contributed by atoms with Crippen LogP contribution >= 0.6 is 0 Å². The number of ether oxygens (including phenoxy) is 3. The third-order valence-electron chi connectivity index (χ3n) is 2.75. The molecule has 0 aromatic heterocycles. The minimum atomic E-state index is 0.711. The Morgan fingerprint density at radius 3 is 1.83 bits per heavy atom. The molecule has 0 N–H and O–H groups in total. The van der Waals surface area contributed by atoms with Gasteiger partial charge >= 0.3 is 0 Å². The van der Waals surface area contributed by atoms with Crippen LogP contribution in [-0.2, 0) is 0 Å². The Kier molecular flexibility index (Phi) is 3.72. The molecule has 1 aromatic rings. The summed E-state index contributed by atoms with van der Waals surface area (Å²) in [5.41, 5.74) is 2.02. The molecule has 0 unspecified atom stereocenters. The zero-order valence-electron chi connectivity index (χ0n) is 10.8. The molecule has 0 amide bonds. The molecule has 1 aliphatic carbocycles. The second kappa shape index (κ2) is 5.45. The summed E-state index contributed by atoms with van der Waals surface area (Å²) in [4.78, 5) is 0. The van der Waals surface area contributed by atoms with Gasteiger partial charge in [-0.2, -0.15) is 0 Å². The normalized spacial score (nSPS) is 12.7. The summed E-state index contributed by atoms with van der Waals surface area (Å²) >= 11 is 0. The van der Waals surface area contributed by atoms with Gasteiger partial charge < -0.3 is 14.2 Å². The molecule has 0 aliphatic heterocycles. The zero-order valence-corrected chi connectivity index (χ0v) is 10.8. The first-order chi connectivity index (χ1) is 8.78. The van der Waals surface area contributed by atoms with Crippen LogP contribution in [0.5, 0.6) is 17.2 Å². The molecule has 0 heterocycles. The van der Waals surface area contributed by atoms with Crippen LogP contribution in [0.4, 0.5) is 0 Å². The van der Waals surface area contributed by atoms with Crippen molar-refractivity contribution in [3.8, 4) is 17.2 Å². The molecule has 18 heavy (non-hydrogen) atoms. The standard InChI is InChI=1S/C15H16O3/c1-16-12-9-14(17-2)13(15(10-12)18-3)8-11-6-4-5-7-11/h4-10H,1-3H3. The number of methoxy groups -OCH3 is 3. The minimum absolute atomic E-state index is 0.711. The highest BCUT2D eigenvalue weighted by molar-refractivity contribution is 5.72. The Morgan fingerprint density at radius 2 is 1.39 bits per heavy atom. The van der Waals surface area contributed by atoms with Gasteiger partial charge in [0.1, 0.15) is 17.2 Å². The van der Waals surface area contributed by atoms with Crippen LogP contribution in [0, 0.1) is 0 Å². The fourth-order valence-electron chi connectivity index (χ4n) is 1.83. The maximum atomic E-state index is 5.39. The average molecular weight is 244 g/mol. The highest BCUT2D eigenvalue weighted by atomic mass is 16.5. The van der Waals surface area contributed by atoms with Crippen molar-refractivity contribution in [2.45, 2.75) is 0 Å². The highest BCUT2D eigenvalue weighted by Gasteiger charge is 2.11. The van der Waals surface area contributed by atoms with E-state index in [0.29, 0.717) is 5.75 Å². The van der Waals surface area contributed by atoms with E-state index in [1.165, 1.54) is 0 Å². The quantitative estimate of drug-likeness (QED) is 0.814. The Hall–Kier alpha value is -2.16. The maximum Gasteiger partial charge on any atom is 0.133 e.